The first-order chi connectivity index (χ1) is 18.3. The second kappa shape index (κ2) is 10.6. The molecule has 0 radical (unpaired) electrons. The van der Waals surface area contributed by atoms with Crippen molar-refractivity contribution in [3.8, 4) is 5.75 Å². The summed E-state index contributed by atoms with van der Waals surface area (Å²) in [5, 5.41) is 6.96. The molecule has 6 nitrogen and oxygen atoms in total. The van der Waals surface area contributed by atoms with E-state index in [4.69, 9.17) is 27.9 Å². The number of aromatic nitrogens is 1. The fourth-order valence-electron chi connectivity index (χ4n) is 5.23. The van der Waals surface area contributed by atoms with Gasteiger partial charge in [0, 0.05) is 41.1 Å². The summed E-state index contributed by atoms with van der Waals surface area (Å²) in [4.78, 5) is 31.8. The van der Waals surface area contributed by atoms with Crippen LogP contribution in [0.4, 0.5) is 5.82 Å². The standard InChI is InChI=1S/C30H27Cl2N3O3/c1-16-7-12-25(33-15-16)35-30(37)26-17(2)34-23-13-19(18-8-10-20(38-3)11-9-18)14-24(36)28(23)27(26)21-5-4-6-22(31)29(21)32/h4-12,15,19,27,34H,13-14H2,1-3H3,(H,33,35,37). The first kappa shape index (κ1) is 26.0. The minimum absolute atomic E-state index is 0.00456. The third kappa shape index (κ3) is 4.94. The van der Waals surface area contributed by atoms with E-state index in [0.29, 0.717) is 51.1 Å². The number of ether oxygens (including phenoxy) is 1. The molecule has 2 aromatic carbocycles. The lowest BCUT2D eigenvalue weighted by molar-refractivity contribution is -0.116. The number of amides is 1. The number of carbonyl (C=O) groups excluding carboxylic acids is 2. The number of Topliss-reactive ketones (excluding diaryl/α,β-unsaturated/α-hetero) is 1. The summed E-state index contributed by atoms with van der Waals surface area (Å²) >= 11 is 13.1. The van der Waals surface area contributed by atoms with E-state index < -0.39 is 5.92 Å². The highest BCUT2D eigenvalue weighted by molar-refractivity contribution is 6.42. The molecule has 2 atom stereocenters. The number of rotatable bonds is 5. The maximum Gasteiger partial charge on any atom is 0.255 e. The van der Waals surface area contributed by atoms with Gasteiger partial charge in [0.25, 0.3) is 5.91 Å². The summed E-state index contributed by atoms with van der Waals surface area (Å²) in [5.41, 5.74) is 5.06. The Morgan fingerprint density at radius 2 is 1.82 bits per heavy atom. The number of hydrogen-bond acceptors (Lipinski definition) is 5. The molecule has 0 saturated heterocycles. The van der Waals surface area contributed by atoms with E-state index in [9.17, 15) is 9.59 Å². The zero-order valence-electron chi connectivity index (χ0n) is 21.3. The minimum Gasteiger partial charge on any atom is -0.497 e. The van der Waals surface area contributed by atoms with Gasteiger partial charge in [0.2, 0.25) is 0 Å². The van der Waals surface area contributed by atoms with Crippen molar-refractivity contribution in [3.63, 3.8) is 0 Å². The lowest BCUT2D eigenvalue weighted by atomic mass is 9.71. The number of benzene rings is 2. The van der Waals surface area contributed by atoms with Crippen molar-refractivity contribution in [3.05, 3.63) is 110 Å². The molecule has 0 bridgehead atoms. The van der Waals surface area contributed by atoms with Crippen molar-refractivity contribution >= 4 is 40.7 Å². The third-order valence-corrected chi connectivity index (χ3v) is 7.94. The summed E-state index contributed by atoms with van der Waals surface area (Å²) in [6.45, 7) is 3.77. The van der Waals surface area contributed by atoms with Gasteiger partial charge in [0.1, 0.15) is 11.6 Å². The lowest BCUT2D eigenvalue weighted by Crippen LogP contribution is -2.37. The zero-order chi connectivity index (χ0) is 27.0. The number of nitrogens with zero attached hydrogens (tertiary/aromatic N) is 1. The Morgan fingerprint density at radius 3 is 2.50 bits per heavy atom. The molecule has 1 aliphatic carbocycles. The number of ketones is 1. The number of anilines is 1. The van der Waals surface area contributed by atoms with E-state index in [1.165, 1.54) is 0 Å². The van der Waals surface area contributed by atoms with E-state index >= 15 is 0 Å². The molecular formula is C30H27Cl2N3O3. The number of pyridine rings is 1. The number of carbonyl (C=O) groups is 2. The Kier molecular flexibility index (Phi) is 7.28. The second-order valence-electron chi connectivity index (χ2n) is 9.61. The SMILES string of the molecule is COc1ccc(C2CC(=O)C3=C(C2)NC(C)=C(C(=O)Nc2ccc(C)cn2)C3c2cccc(Cl)c2Cl)cc1. The topological polar surface area (TPSA) is 80.3 Å². The molecule has 38 heavy (non-hydrogen) atoms. The molecule has 8 heteroatoms. The average molecular weight is 548 g/mol. The van der Waals surface area contributed by atoms with Gasteiger partial charge in [-0.25, -0.2) is 4.98 Å². The fourth-order valence-corrected chi connectivity index (χ4v) is 5.65. The summed E-state index contributed by atoms with van der Waals surface area (Å²) in [6, 6.07) is 16.7. The Morgan fingerprint density at radius 1 is 1.05 bits per heavy atom. The van der Waals surface area contributed by atoms with Gasteiger partial charge >= 0.3 is 0 Å². The largest absolute Gasteiger partial charge is 0.497 e. The zero-order valence-corrected chi connectivity index (χ0v) is 22.8. The van der Waals surface area contributed by atoms with Gasteiger partial charge in [-0.05, 0) is 67.1 Å². The molecule has 0 saturated carbocycles. The van der Waals surface area contributed by atoms with Crippen molar-refractivity contribution in [2.24, 2.45) is 0 Å². The lowest BCUT2D eigenvalue weighted by Gasteiger charge is -2.37. The first-order valence-corrected chi connectivity index (χ1v) is 13.1. The van der Waals surface area contributed by atoms with Gasteiger partial charge in [-0.3, -0.25) is 9.59 Å². The molecule has 2 heterocycles. The van der Waals surface area contributed by atoms with Gasteiger partial charge in [0.05, 0.1) is 17.2 Å². The molecule has 1 aromatic heterocycles. The van der Waals surface area contributed by atoms with Gasteiger partial charge in [-0.2, -0.15) is 0 Å². The molecule has 0 spiro atoms. The monoisotopic (exact) mass is 547 g/mol. The maximum absolute atomic E-state index is 13.8. The van der Waals surface area contributed by atoms with Crippen molar-refractivity contribution < 1.29 is 14.3 Å². The molecule has 2 unspecified atom stereocenters. The van der Waals surface area contributed by atoms with Gasteiger partial charge in [-0.15, -0.1) is 0 Å². The predicted molar refractivity (Wildman–Crippen MR) is 150 cm³/mol. The van der Waals surface area contributed by atoms with Crippen LogP contribution < -0.4 is 15.4 Å². The summed E-state index contributed by atoms with van der Waals surface area (Å²) < 4.78 is 5.28. The second-order valence-corrected chi connectivity index (χ2v) is 10.4. The van der Waals surface area contributed by atoms with E-state index in [0.717, 1.165) is 22.6 Å². The van der Waals surface area contributed by atoms with Crippen LogP contribution in [0.2, 0.25) is 10.0 Å². The van der Waals surface area contributed by atoms with Crippen LogP contribution >= 0.6 is 23.2 Å². The number of halogens is 2. The maximum atomic E-state index is 13.8. The highest BCUT2D eigenvalue weighted by Gasteiger charge is 2.41. The van der Waals surface area contributed by atoms with Crippen molar-refractivity contribution in [1.29, 1.82) is 0 Å². The normalized spacial score (nSPS) is 19.1. The molecule has 2 aliphatic rings. The number of hydrogen-bond donors (Lipinski definition) is 2. The number of nitrogens with one attached hydrogen (secondary N) is 2. The van der Waals surface area contributed by atoms with Crippen molar-refractivity contribution in [2.75, 3.05) is 12.4 Å². The Bertz CT molecular complexity index is 1480. The summed E-state index contributed by atoms with van der Waals surface area (Å²) in [5.74, 6) is 0.115. The molecule has 0 fully saturated rings. The summed E-state index contributed by atoms with van der Waals surface area (Å²) in [7, 11) is 1.63. The van der Waals surface area contributed by atoms with Crippen LogP contribution in [0.3, 0.4) is 0 Å². The first-order valence-electron chi connectivity index (χ1n) is 12.3. The Labute approximate surface area is 231 Å². The molecule has 1 aliphatic heterocycles. The number of methoxy groups -OCH3 is 1. The summed E-state index contributed by atoms with van der Waals surface area (Å²) in [6.07, 6.45) is 2.62. The number of allylic oxidation sites excluding steroid dienone is 3. The highest BCUT2D eigenvalue weighted by atomic mass is 35.5. The van der Waals surface area contributed by atoms with E-state index in [-0.39, 0.29) is 17.6 Å². The molecule has 5 rings (SSSR count). The van der Waals surface area contributed by atoms with Crippen molar-refractivity contribution in [2.45, 2.75) is 38.5 Å². The van der Waals surface area contributed by atoms with Crippen LogP contribution in [0.5, 0.6) is 5.75 Å². The number of dihydropyridines is 1. The fraction of sp³-hybridized carbons (Fsp3) is 0.233. The van der Waals surface area contributed by atoms with Crippen LogP contribution in [0.1, 0.15) is 48.3 Å². The van der Waals surface area contributed by atoms with E-state index in [2.05, 4.69) is 15.6 Å². The smallest absolute Gasteiger partial charge is 0.255 e. The van der Waals surface area contributed by atoms with Gasteiger partial charge in [0.15, 0.2) is 5.78 Å². The Balaban J connectivity index is 1.57. The van der Waals surface area contributed by atoms with Crippen LogP contribution in [0.15, 0.2) is 83.3 Å². The van der Waals surface area contributed by atoms with Crippen LogP contribution in [0.25, 0.3) is 0 Å². The highest BCUT2D eigenvalue weighted by Crippen LogP contribution is 2.48. The molecule has 194 valence electrons. The van der Waals surface area contributed by atoms with Crippen molar-refractivity contribution in [1.82, 2.24) is 10.3 Å². The molecular weight excluding hydrogens is 521 g/mol. The Hall–Kier alpha value is -3.61. The van der Waals surface area contributed by atoms with E-state index in [1.807, 2.05) is 50.2 Å². The predicted octanol–water partition coefficient (Wildman–Crippen LogP) is 6.71. The van der Waals surface area contributed by atoms with Crippen LogP contribution in [0, 0.1) is 6.92 Å². The van der Waals surface area contributed by atoms with Crippen LogP contribution in [-0.2, 0) is 9.59 Å². The third-order valence-electron chi connectivity index (χ3n) is 7.10. The van der Waals surface area contributed by atoms with Gasteiger partial charge in [-0.1, -0.05) is 53.5 Å². The molecule has 1 amide bonds. The quantitative estimate of drug-likeness (QED) is 0.371. The van der Waals surface area contributed by atoms with Crippen LogP contribution in [-0.4, -0.2) is 23.8 Å². The molecule has 2 N–H and O–H groups in total. The van der Waals surface area contributed by atoms with E-state index in [1.54, 1.807) is 31.5 Å². The number of aryl methyl sites for hydroxylation is 1. The molecule has 3 aromatic rings. The average Bonchev–Trinajstić information content (AvgIpc) is 2.90. The minimum atomic E-state index is -0.674. The van der Waals surface area contributed by atoms with Gasteiger partial charge < -0.3 is 15.4 Å².